The minimum atomic E-state index is -0.708. The summed E-state index contributed by atoms with van der Waals surface area (Å²) in [7, 11) is 1.97. The van der Waals surface area contributed by atoms with Gasteiger partial charge in [-0.3, -0.25) is 9.59 Å². The van der Waals surface area contributed by atoms with Gasteiger partial charge in [0.25, 0.3) is 0 Å². The second-order valence-corrected chi connectivity index (χ2v) is 4.77. The Balaban J connectivity index is 0.00000147. The van der Waals surface area contributed by atoms with Crippen molar-refractivity contribution < 1.29 is 12.4 Å². The van der Waals surface area contributed by atoms with E-state index in [1.54, 1.807) is 6.07 Å². The van der Waals surface area contributed by atoms with E-state index in [1.807, 2.05) is 7.05 Å². The van der Waals surface area contributed by atoms with Gasteiger partial charge < -0.3 is 27.3 Å². The molecule has 0 atom stereocenters. The van der Waals surface area contributed by atoms with Crippen LogP contribution in [0.25, 0.3) is 16.0 Å². The number of rotatable bonds is 0. The van der Waals surface area contributed by atoms with Crippen LogP contribution in [-0.2, 0) is 13.0 Å². The summed E-state index contributed by atoms with van der Waals surface area (Å²) in [6.07, 6.45) is 0.738. The van der Waals surface area contributed by atoms with E-state index in [2.05, 4.69) is 19.8 Å². The van der Waals surface area contributed by atoms with Gasteiger partial charge in [0.15, 0.2) is 4.98 Å². The Kier molecular flexibility index (Phi) is 3.61. The van der Waals surface area contributed by atoms with E-state index in [0.717, 1.165) is 24.1 Å². The van der Waals surface area contributed by atoms with E-state index in [1.165, 1.54) is 0 Å². The highest BCUT2D eigenvalue weighted by Gasteiger charge is 2.26. The molecule has 0 saturated heterocycles. The summed E-state index contributed by atoms with van der Waals surface area (Å²) in [5.41, 5.74) is 1.96. The predicted octanol–water partition coefficient (Wildman–Crippen LogP) is -2.31. The Morgan fingerprint density at radius 3 is 2.65 bits per heavy atom. The molecule has 0 fully saturated rings. The molecule has 1 aromatic heterocycles. The summed E-state index contributed by atoms with van der Waals surface area (Å²) in [4.78, 5) is 33.3. The number of halogens is 1. The molecule has 2 N–H and O–H groups in total. The molecule has 0 amide bonds. The van der Waals surface area contributed by atoms with Crippen LogP contribution in [0.2, 0.25) is 0 Å². The van der Waals surface area contributed by atoms with Gasteiger partial charge in [-0.2, -0.15) is 0 Å². The number of aromatic nitrogens is 2. The quantitative estimate of drug-likeness (QED) is 0.421. The van der Waals surface area contributed by atoms with E-state index in [4.69, 9.17) is 5.39 Å². The molecule has 0 aliphatic carbocycles. The second kappa shape index (κ2) is 5.07. The number of fused-ring (bicyclic) bond motifs is 3. The third kappa shape index (κ3) is 2.09. The molecule has 2 aromatic rings. The summed E-state index contributed by atoms with van der Waals surface area (Å²) in [5, 5.41) is 9.09. The summed E-state index contributed by atoms with van der Waals surface area (Å²) in [6, 6.07) is 1.58. The third-order valence-electron chi connectivity index (χ3n) is 3.50. The topological polar surface area (TPSA) is 97.1 Å². The van der Waals surface area contributed by atoms with E-state index in [0.29, 0.717) is 23.3 Å². The molecule has 0 bridgehead atoms. The van der Waals surface area contributed by atoms with Gasteiger partial charge in [0.1, 0.15) is 0 Å². The molecule has 1 aliphatic rings. The summed E-state index contributed by atoms with van der Waals surface area (Å²) in [5.74, 6) is 0. The van der Waals surface area contributed by atoms with Crippen LogP contribution < -0.4 is 23.5 Å². The highest BCUT2D eigenvalue weighted by Crippen LogP contribution is 2.32. The van der Waals surface area contributed by atoms with Crippen molar-refractivity contribution in [3.8, 4) is 0 Å². The number of nitrogens with zero attached hydrogens (tertiary/aromatic N) is 3. The zero-order valence-electron chi connectivity index (χ0n) is 10.7. The molecule has 20 heavy (non-hydrogen) atoms. The number of H-pyrrole nitrogens is 2. The van der Waals surface area contributed by atoms with Crippen molar-refractivity contribution in [1.82, 2.24) is 14.9 Å². The lowest BCUT2D eigenvalue weighted by atomic mass is 9.96. The third-order valence-corrected chi connectivity index (χ3v) is 3.50. The second-order valence-electron chi connectivity index (χ2n) is 4.77. The van der Waals surface area contributed by atoms with Crippen LogP contribution in [-0.4, -0.2) is 28.5 Å². The Labute approximate surface area is 119 Å². The number of benzene rings is 1. The van der Waals surface area contributed by atoms with Crippen molar-refractivity contribution >= 4 is 16.7 Å². The first-order chi connectivity index (χ1) is 9.10. The van der Waals surface area contributed by atoms with E-state index >= 15 is 0 Å². The summed E-state index contributed by atoms with van der Waals surface area (Å²) >= 11 is 0. The molecule has 3 rings (SSSR count). The van der Waals surface area contributed by atoms with Crippen molar-refractivity contribution in [3.05, 3.63) is 42.9 Å². The Morgan fingerprint density at radius 2 is 1.95 bits per heavy atom. The van der Waals surface area contributed by atoms with Gasteiger partial charge >= 0.3 is 16.8 Å². The molecule has 7 nitrogen and oxygen atoms in total. The normalized spacial score (nSPS) is 14.4. The maximum Gasteiger partial charge on any atom is 0.390 e. The van der Waals surface area contributed by atoms with E-state index < -0.39 is 11.1 Å². The fraction of sp³-hybridized carbons (Fsp3) is 0.333. The molecule has 104 valence electrons. The Morgan fingerprint density at radius 1 is 1.25 bits per heavy atom. The average Bonchev–Trinajstić information content (AvgIpc) is 2.39. The van der Waals surface area contributed by atoms with E-state index in [9.17, 15) is 9.59 Å². The van der Waals surface area contributed by atoms with Crippen LogP contribution in [0, 0.1) is 5.39 Å². The van der Waals surface area contributed by atoms with Crippen LogP contribution in [0.1, 0.15) is 11.1 Å². The molecule has 1 aliphatic heterocycles. The SMILES string of the molecule is CN1CCc2c([N+]#N)cc3[nH]c(=O)c(=O)[nH]c3c2C1.[Cl-]. The van der Waals surface area contributed by atoms with Crippen LogP contribution in [0.3, 0.4) is 0 Å². The maximum absolute atomic E-state index is 11.5. The molecule has 0 spiro atoms. The number of hydrogen-bond donors (Lipinski definition) is 2. The van der Waals surface area contributed by atoms with Gasteiger partial charge in [0.05, 0.1) is 22.7 Å². The summed E-state index contributed by atoms with van der Waals surface area (Å²) in [6.45, 7) is 1.49. The molecular formula is C12H12ClN5O2. The monoisotopic (exact) mass is 293 g/mol. The highest BCUT2D eigenvalue weighted by molar-refractivity contribution is 5.85. The Bertz CT molecular complexity index is 833. The lowest BCUT2D eigenvalue weighted by Crippen LogP contribution is -3.00. The molecular weight excluding hydrogens is 282 g/mol. The smallest absolute Gasteiger partial charge is 0.390 e. The van der Waals surface area contributed by atoms with Crippen molar-refractivity contribution in [2.75, 3.05) is 13.6 Å². The number of likely N-dealkylation sites (N-methyl/N-ethyl adjacent to an activating group) is 1. The fourth-order valence-electron chi connectivity index (χ4n) is 2.55. The van der Waals surface area contributed by atoms with Crippen LogP contribution in [0.5, 0.6) is 0 Å². The largest absolute Gasteiger partial charge is 1.00 e. The minimum Gasteiger partial charge on any atom is -1.00 e. The number of hydrogen-bond acceptors (Lipinski definition) is 4. The number of nitrogens with one attached hydrogen (secondary N) is 2. The zero-order chi connectivity index (χ0) is 13.6. The lowest BCUT2D eigenvalue weighted by molar-refractivity contribution is -0.00000433. The maximum atomic E-state index is 11.5. The average molecular weight is 294 g/mol. The molecule has 0 unspecified atom stereocenters. The fourth-order valence-corrected chi connectivity index (χ4v) is 2.55. The minimum absolute atomic E-state index is 0. The lowest BCUT2D eigenvalue weighted by Gasteiger charge is -2.24. The molecule has 0 radical (unpaired) electrons. The standard InChI is InChI=1S/C12H11N5O2.ClH/c1-17-3-2-6-7(5-17)10-9(4-8(6)16-13)14-11(18)12(19)15-10;/h4,13H,2-3,5H2,1H3;1H. The molecule has 8 heteroatoms. The number of aromatic amines is 2. The van der Waals surface area contributed by atoms with E-state index in [-0.39, 0.29) is 12.4 Å². The van der Waals surface area contributed by atoms with Gasteiger partial charge in [-0.25, -0.2) is 0 Å². The predicted molar refractivity (Wildman–Crippen MR) is 70.0 cm³/mol. The highest BCUT2D eigenvalue weighted by atomic mass is 35.5. The number of diazo groups is 1. The van der Waals surface area contributed by atoms with Crippen molar-refractivity contribution in [3.63, 3.8) is 0 Å². The van der Waals surface area contributed by atoms with Crippen molar-refractivity contribution in [2.24, 2.45) is 0 Å². The summed E-state index contributed by atoms with van der Waals surface area (Å²) < 4.78 is 0. The van der Waals surface area contributed by atoms with Crippen LogP contribution in [0.15, 0.2) is 15.7 Å². The first kappa shape index (κ1) is 14.2. The van der Waals surface area contributed by atoms with Crippen molar-refractivity contribution in [2.45, 2.75) is 13.0 Å². The Hall–Kier alpha value is -2.17. The molecule has 1 aromatic carbocycles. The van der Waals surface area contributed by atoms with Gasteiger partial charge in [0.2, 0.25) is 5.39 Å². The van der Waals surface area contributed by atoms with Gasteiger partial charge in [0, 0.05) is 18.7 Å². The first-order valence-corrected chi connectivity index (χ1v) is 5.95. The zero-order valence-corrected chi connectivity index (χ0v) is 11.5. The van der Waals surface area contributed by atoms with Crippen LogP contribution >= 0.6 is 0 Å². The van der Waals surface area contributed by atoms with Crippen LogP contribution in [0.4, 0.5) is 5.69 Å². The molecule has 0 saturated carbocycles. The first-order valence-electron chi connectivity index (χ1n) is 5.95. The van der Waals surface area contributed by atoms with Gasteiger partial charge in [-0.1, -0.05) is 0 Å². The van der Waals surface area contributed by atoms with Gasteiger partial charge in [-0.05, 0) is 13.5 Å². The van der Waals surface area contributed by atoms with Gasteiger partial charge in [-0.15, -0.1) is 0 Å². The van der Waals surface area contributed by atoms with Crippen molar-refractivity contribution in [1.29, 1.82) is 5.39 Å². The molecule has 2 heterocycles.